The number of anilines is 1. The maximum atomic E-state index is 6.06. The van der Waals surface area contributed by atoms with Gasteiger partial charge in [-0.1, -0.05) is 24.4 Å². The van der Waals surface area contributed by atoms with Crippen LogP contribution in [0.1, 0.15) is 25.7 Å². The molecule has 0 aromatic carbocycles. The van der Waals surface area contributed by atoms with Gasteiger partial charge in [-0.25, -0.2) is 4.98 Å². The first-order chi connectivity index (χ1) is 6.88. The summed E-state index contributed by atoms with van der Waals surface area (Å²) in [5, 5.41) is 0.634. The van der Waals surface area contributed by atoms with Crippen molar-refractivity contribution in [3.05, 3.63) is 23.5 Å². The van der Waals surface area contributed by atoms with E-state index in [0.29, 0.717) is 5.15 Å². The monoisotopic (exact) mass is 210 g/mol. The molecule has 0 bridgehead atoms. The standard InChI is InChI=1S/C11H15ClN2/c12-11-10(6-5-7-13-11)14-8-3-1-2-4-9-14/h5-7H,1-4,8-9H2. The maximum absolute atomic E-state index is 6.06. The zero-order chi connectivity index (χ0) is 9.80. The van der Waals surface area contributed by atoms with E-state index in [0.717, 1.165) is 18.8 Å². The van der Waals surface area contributed by atoms with Gasteiger partial charge in [-0.3, -0.25) is 0 Å². The molecule has 0 atom stereocenters. The Morgan fingerprint density at radius 1 is 1.14 bits per heavy atom. The van der Waals surface area contributed by atoms with Crippen molar-refractivity contribution in [3.8, 4) is 0 Å². The van der Waals surface area contributed by atoms with E-state index < -0.39 is 0 Å². The third-order valence-electron chi connectivity index (χ3n) is 2.69. The third kappa shape index (κ3) is 2.18. The molecule has 1 saturated heterocycles. The van der Waals surface area contributed by atoms with Gasteiger partial charge < -0.3 is 4.90 Å². The van der Waals surface area contributed by atoms with Crippen molar-refractivity contribution in [1.82, 2.24) is 4.98 Å². The summed E-state index contributed by atoms with van der Waals surface area (Å²) in [7, 11) is 0. The van der Waals surface area contributed by atoms with Crippen molar-refractivity contribution in [3.63, 3.8) is 0 Å². The van der Waals surface area contributed by atoms with Crippen molar-refractivity contribution < 1.29 is 0 Å². The molecular weight excluding hydrogens is 196 g/mol. The second kappa shape index (κ2) is 4.65. The Morgan fingerprint density at radius 3 is 2.50 bits per heavy atom. The molecule has 0 spiro atoms. The largest absolute Gasteiger partial charge is 0.369 e. The van der Waals surface area contributed by atoms with Gasteiger partial charge >= 0.3 is 0 Å². The van der Waals surface area contributed by atoms with Crippen LogP contribution in [0.4, 0.5) is 5.69 Å². The fourth-order valence-corrected chi connectivity index (χ4v) is 2.16. The average Bonchev–Trinajstić information content (AvgIpc) is 2.47. The van der Waals surface area contributed by atoms with Crippen LogP contribution in [0.25, 0.3) is 0 Å². The molecule has 0 N–H and O–H groups in total. The van der Waals surface area contributed by atoms with E-state index in [4.69, 9.17) is 11.6 Å². The van der Waals surface area contributed by atoms with Gasteiger partial charge in [0.2, 0.25) is 0 Å². The van der Waals surface area contributed by atoms with Crippen LogP contribution in [-0.2, 0) is 0 Å². The topological polar surface area (TPSA) is 16.1 Å². The SMILES string of the molecule is Clc1ncccc1N1CCCCCC1. The van der Waals surface area contributed by atoms with Crippen LogP contribution < -0.4 is 4.90 Å². The molecule has 1 aliphatic rings. The quantitative estimate of drug-likeness (QED) is 0.663. The highest BCUT2D eigenvalue weighted by Crippen LogP contribution is 2.25. The van der Waals surface area contributed by atoms with E-state index in [1.165, 1.54) is 25.7 Å². The molecule has 14 heavy (non-hydrogen) atoms. The zero-order valence-corrected chi connectivity index (χ0v) is 9.00. The smallest absolute Gasteiger partial charge is 0.152 e. The molecule has 0 radical (unpaired) electrons. The van der Waals surface area contributed by atoms with E-state index in [2.05, 4.69) is 16.0 Å². The number of hydrogen-bond acceptors (Lipinski definition) is 2. The number of nitrogens with zero attached hydrogens (tertiary/aromatic N) is 2. The van der Waals surface area contributed by atoms with Crippen LogP contribution >= 0.6 is 11.6 Å². The highest BCUT2D eigenvalue weighted by atomic mass is 35.5. The van der Waals surface area contributed by atoms with Crippen molar-refractivity contribution in [2.24, 2.45) is 0 Å². The van der Waals surface area contributed by atoms with Gasteiger partial charge in [0, 0.05) is 19.3 Å². The minimum absolute atomic E-state index is 0.634. The normalized spacial score (nSPS) is 17.9. The molecule has 0 amide bonds. The first-order valence-corrected chi connectivity index (χ1v) is 5.61. The molecule has 1 aromatic rings. The molecule has 2 rings (SSSR count). The third-order valence-corrected chi connectivity index (χ3v) is 2.98. The zero-order valence-electron chi connectivity index (χ0n) is 8.25. The molecule has 1 aromatic heterocycles. The highest BCUT2D eigenvalue weighted by molar-refractivity contribution is 6.32. The van der Waals surface area contributed by atoms with Gasteiger partial charge in [-0.05, 0) is 25.0 Å². The highest BCUT2D eigenvalue weighted by Gasteiger charge is 2.12. The van der Waals surface area contributed by atoms with E-state index in [9.17, 15) is 0 Å². The van der Waals surface area contributed by atoms with Gasteiger partial charge in [-0.2, -0.15) is 0 Å². The molecule has 1 aliphatic heterocycles. The average molecular weight is 211 g/mol. The van der Waals surface area contributed by atoms with Gasteiger partial charge in [0.1, 0.15) is 0 Å². The maximum Gasteiger partial charge on any atom is 0.152 e. The molecule has 0 aliphatic carbocycles. The first-order valence-electron chi connectivity index (χ1n) is 5.23. The number of hydrogen-bond donors (Lipinski definition) is 0. The summed E-state index contributed by atoms with van der Waals surface area (Å²) in [4.78, 5) is 6.46. The van der Waals surface area contributed by atoms with Crippen molar-refractivity contribution >= 4 is 17.3 Å². The summed E-state index contributed by atoms with van der Waals surface area (Å²) >= 11 is 6.06. The lowest BCUT2D eigenvalue weighted by Gasteiger charge is -2.22. The second-order valence-corrected chi connectivity index (χ2v) is 4.07. The van der Waals surface area contributed by atoms with E-state index in [1.54, 1.807) is 6.20 Å². The van der Waals surface area contributed by atoms with E-state index in [-0.39, 0.29) is 0 Å². The molecule has 0 saturated carbocycles. The minimum Gasteiger partial charge on any atom is -0.369 e. The first kappa shape index (κ1) is 9.78. The van der Waals surface area contributed by atoms with Crippen LogP contribution in [0.15, 0.2) is 18.3 Å². The Bertz CT molecular complexity index is 293. The van der Waals surface area contributed by atoms with Gasteiger partial charge in [-0.15, -0.1) is 0 Å². The molecule has 2 heterocycles. The molecule has 76 valence electrons. The predicted molar refractivity (Wildman–Crippen MR) is 59.9 cm³/mol. The predicted octanol–water partition coefficient (Wildman–Crippen LogP) is 3.12. The minimum atomic E-state index is 0.634. The number of rotatable bonds is 1. The summed E-state index contributed by atoms with van der Waals surface area (Å²) in [5.74, 6) is 0. The van der Waals surface area contributed by atoms with Crippen LogP contribution in [0, 0.1) is 0 Å². The van der Waals surface area contributed by atoms with Crippen LogP contribution in [0.5, 0.6) is 0 Å². The lowest BCUT2D eigenvalue weighted by Crippen LogP contribution is -2.24. The van der Waals surface area contributed by atoms with Crippen LogP contribution in [-0.4, -0.2) is 18.1 Å². The summed E-state index contributed by atoms with van der Waals surface area (Å²) in [6.45, 7) is 2.23. The van der Waals surface area contributed by atoms with Crippen molar-refractivity contribution in [2.75, 3.05) is 18.0 Å². The summed E-state index contributed by atoms with van der Waals surface area (Å²) in [6.07, 6.45) is 6.96. The summed E-state index contributed by atoms with van der Waals surface area (Å²) < 4.78 is 0. The molecule has 1 fully saturated rings. The Kier molecular flexibility index (Phi) is 3.25. The fraction of sp³-hybridized carbons (Fsp3) is 0.545. The second-order valence-electron chi connectivity index (χ2n) is 3.71. The lowest BCUT2D eigenvalue weighted by molar-refractivity contribution is 0.726. The molecule has 0 unspecified atom stereocenters. The fourth-order valence-electron chi connectivity index (χ4n) is 1.93. The Morgan fingerprint density at radius 2 is 1.86 bits per heavy atom. The molecular formula is C11H15ClN2. The van der Waals surface area contributed by atoms with Gasteiger partial charge in [0.05, 0.1) is 5.69 Å². The molecule has 3 heteroatoms. The lowest BCUT2D eigenvalue weighted by atomic mass is 10.2. The van der Waals surface area contributed by atoms with E-state index in [1.807, 2.05) is 6.07 Å². The van der Waals surface area contributed by atoms with Crippen LogP contribution in [0.3, 0.4) is 0 Å². The Labute approximate surface area is 89.9 Å². The van der Waals surface area contributed by atoms with Crippen molar-refractivity contribution in [2.45, 2.75) is 25.7 Å². The summed E-state index contributed by atoms with van der Waals surface area (Å²) in [6, 6.07) is 4.01. The number of halogens is 1. The Hall–Kier alpha value is -0.760. The number of pyridine rings is 1. The van der Waals surface area contributed by atoms with Crippen LogP contribution in [0.2, 0.25) is 5.15 Å². The molecule has 2 nitrogen and oxygen atoms in total. The van der Waals surface area contributed by atoms with Gasteiger partial charge in [0.15, 0.2) is 5.15 Å². The van der Waals surface area contributed by atoms with Crippen molar-refractivity contribution in [1.29, 1.82) is 0 Å². The number of aromatic nitrogens is 1. The Balaban J connectivity index is 2.16. The summed E-state index contributed by atoms with van der Waals surface area (Å²) in [5.41, 5.74) is 1.09. The van der Waals surface area contributed by atoms with Gasteiger partial charge in [0.25, 0.3) is 0 Å². The van der Waals surface area contributed by atoms with E-state index >= 15 is 0 Å².